The highest BCUT2D eigenvalue weighted by atomic mass is 79.9. The third-order valence-corrected chi connectivity index (χ3v) is 5.99. The van der Waals surface area contributed by atoms with Crippen molar-refractivity contribution < 1.29 is 14.7 Å². The Bertz CT molecular complexity index is 1210. The molecule has 1 unspecified atom stereocenters. The number of carbonyl (C=O) groups excluding carboxylic acids is 1. The van der Waals surface area contributed by atoms with Gasteiger partial charge in [-0.15, -0.1) is 0 Å². The molecule has 0 fully saturated rings. The van der Waals surface area contributed by atoms with Gasteiger partial charge >= 0.3 is 12.0 Å². The van der Waals surface area contributed by atoms with Crippen molar-refractivity contribution in [2.45, 2.75) is 32.5 Å². The third-order valence-electron chi connectivity index (χ3n) is 5.21. The number of nitrogens with zero attached hydrogens (tertiary/aromatic N) is 1. The lowest BCUT2D eigenvalue weighted by atomic mass is 10.0. The van der Waals surface area contributed by atoms with Crippen LogP contribution >= 0.6 is 15.9 Å². The maximum atomic E-state index is 13.0. The zero-order valence-electron chi connectivity index (χ0n) is 18.0. The summed E-state index contributed by atoms with van der Waals surface area (Å²) in [7, 11) is 0. The summed E-state index contributed by atoms with van der Waals surface area (Å²) in [4.78, 5) is 37.1. The number of halogens is 1. The number of nitrogens with two attached hydrogens (primary N) is 1. The molecule has 1 heterocycles. The first-order valence-corrected chi connectivity index (χ1v) is 11.1. The Hall–Kier alpha value is -3.43. The van der Waals surface area contributed by atoms with E-state index in [1.807, 2.05) is 24.3 Å². The number of urea groups is 1. The number of carbonyl (C=O) groups is 2. The first-order valence-electron chi connectivity index (χ1n) is 10.3. The van der Waals surface area contributed by atoms with E-state index in [9.17, 15) is 19.5 Å². The molecule has 1 atom stereocenters. The van der Waals surface area contributed by atoms with E-state index >= 15 is 0 Å². The largest absolute Gasteiger partial charge is 0.481 e. The van der Waals surface area contributed by atoms with Crippen LogP contribution in [0.15, 0.2) is 70.1 Å². The Labute approximate surface area is 199 Å². The van der Waals surface area contributed by atoms with E-state index in [0.717, 1.165) is 15.6 Å². The second kappa shape index (κ2) is 10.9. The van der Waals surface area contributed by atoms with Crippen LogP contribution in [0.1, 0.15) is 34.7 Å². The molecule has 2 aromatic carbocycles. The van der Waals surface area contributed by atoms with Gasteiger partial charge in [-0.05, 0) is 41.3 Å². The summed E-state index contributed by atoms with van der Waals surface area (Å²) in [5.74, 6) is -1.06. The van der Waals surface area contributed by atoms with Gasteiger partial charge in [0.2, 0.25) is 0 Å². The highest BCUT2D eigenvalue weighted by Crippen LogP contribution is 2.19. The summed E-state index contributed by atoms with van der Waals surface area (Å²) in [6.07, 6.45) is 1.36. The molecule has 2 amide bonds. The standard InChI is InChI=1S/C24H25BrN4O4/c1-15-10-11-29(14-18-4-2-3-5-19(18)25)23(32)22(15)28-24(33)27-20(12-21(30)31)17-8-6-16(13-26)7-9-17/h2-11,20H,12-14,26H2,1H3,(H,30,31)(H2,27,28,33). The molecule has 1 aromatic heterocycles. The average Bonchev–Trinajstić information content (AvgIpc) is 2.79. The molecular formula is C24H25BrN4O4. The summed E-state index contributed by atoms with van der Waals surface area (Å²) >= 11 is 3.48. The number of hydrogen-bond acceptors (Lipinski definition) is 4. The number of rotatable bonds is 8. The number of nitrogens with one attached hydrogen (secondary N) is 2. The van der Waals surface area contributed by atoms with Gasteiger partial charge in [0.05, 0.1) is 19.0 Å². The first-order chi connectivity index (χ1) is 15.8. The van der Waals surface area contributed by atoms with Crippen LogP contribution in [0.4, 0.5) is 10.5 Å². The fourth-order valence-electron chi connectivity index (χ4n) is 3.37. The molecule has 33 heavy (non-hydrogen) atoms. The molecule has 3 rings (SSSR count). The van der Waals surface area contributed by atoms with Crippen molar-refractivity contribution in [2.75, 3.05) is 5.32 Å². The number of anilines is 1. The maximum absolute atomic E-state index is 13.0. The number of aryl methyl sites for hydroxylation is 1. The molecule has 0 aliphatic heterocycles. The summed E-state index contributed by atoms with van der Waals surface area (Å²) in [6, 6.07) is 14.9. The van der Waals surface area contributed by atoms with Crippen LogP contribution in [-0.4, -0.2) is 21.7 Å². The van der Waals surface area contributed by atoms with Crippen LogP contribution in [0.3, 0.4) is 0 Å². The Kier molecular flexibility index (Phi) is 8.02. The second-order valence-electron chi connectivity index (χ2n) is 7.59. The van der Waals surface area contributed by atoms with E-state index in [1.54, 1.807) is 43.5 Å². The Morgan fingerprint density at radius 3 is 2.45 bits per heavy atom. The van der Waals surface area contributed by atoms with Crippen LogP contribution in [0.2, 0.25) is 0 Å². The Morgan fingerprint density at radius 1 is 1.12 bits per heavy atom. The number of carboxylic acids is 1. The van der Waals surface area contributed by atoms with Gasteiger partial charge in [0.15, 0.2) is 0 Å². The number of benzene rings is 2. The minimum absolute atomic E-state index is 0.134. The first kappa shape index (κ1) is 24.2. The molecule has 172 valence electrons. The zero-order valence-corrected chi connectivity index (χ0v) is 19.6. The molecule has 9 heteroatoms. The molecule has 0 bridgehead atoms. The van der Waals surface area contributed by atoms with E-state index in [4.69, 9.17) is 5.73 Å². The maximum Gasteiger partial charge on any atom is 0.319 e. The number of pyridine rings is 1. The molecule has 3 aromatic rings. The highest BCUT2D eigenvalue weighted by Gasteiger charge is 2.20. The van der Waals surface area contributed by atoms with Gasteiger partial charge in [-0.3, -0.25) is 9.59 Å². The zero-order chi connectivity index (χ0) is 24.0. The minimum atomic E-state index is -1.06. The number of aliphatic carboxylic acids is 1. The van der Waals surface area contributed by atoms with Crippen LogP contribution in [-0.2, 0) is 17.9 Å². The average molecular weight is 513 g/mol. The van der Waals surface area contributed by atoms with Crippen LogP contribution in [0, 0.1) is 6.92 Å². The summed E-state index contributed by atoms with van der Waals surface area (Å²) < 4.78 is 2.38. The van der Waals surface area contributed by atoms with E-state index in [2.05, 4.69) is 26.6 Å². The lowest BCUT2D eigenvalue weighted by molar-refractivity contribution is -0.137. The third kappa shape index (κ3) is 6.30. The van der Waals surface area contributed by atoms with Gasteiger partial charge in [0, 0.05) is 17.2 Å². The monoisotopic (exact) mass is 512 g/mol. The predicted molar refractivity (Wildman–Crippen MR) is 130 cm³/mol. The van der Waals surface area contributed by atoms with E-state index in [-0.39, 0.29) is 17.7 Å². The molecule has 0 spiro atoms. The molecule has 5 N–H and O–H groups in total. The molecule has 0 saturated carbocycles. The van der Waals surface area contributed by atoms with E-state index in [1.165, 1.54) is 4.57 Å². The number of amides is 2. The molecule has 0 saturated heterocycles. The molecular weight excluding hydrogens is 488 g/mol. The Morgan fingerprint density at radius 2 is 1.82 bits per heavy atom. The van der Waals surface area contributed by atoms with Crippen molar-refractivity contribution in [1.29, 1.82) is 0 Å². The number of aromatic nitrogens is 1. The molecule has 8 nitrogen and oxygen atoms in total. The van der Waals surface area contributed by atoms with Crippen molar-refractivity contribution in [2.24, 2.45) is 5.73 Å². The van der Waals surface area contributed by atoms with Gasteiger partial charge < -0.3 is 26.0 Å². The van der Waals surface area contributed by atoms with Crippen molar-refractivity contribution in [1.82, 2.24) is 9.88 Å². The van der Waals surface area contributed by atoms with Crippen molar-refractivity contribution in [3.05, 3.63) is 97.9 Å². The predicted octanol–water partition coefficient (Wildman–Crippen LogP) is 3.76. The quantitative estimate of drug-likeness (QED) is 0.365. The summed E-state index contributed by atoms with van der Waals surface area (Å²) in [6.45, 7) is 2.41. The van der Waals surface area contributed by atoms with E-state index < -0.39 is 18.0 Å². The van der Waals surface area contributed by atoms with Gasteiger partial charge in [0.25, 0.3) is 5.56 Å². The van der Waals surface area contributed by atoms with Crippen LogP contribution < -0.4 is 21.9 Å². The van der Waals surface area contributed by atoms with Gasteiger partial charge in [-0.25, -0.2) is 4.79 Å². The van der Waals surface area contributed by atoms with Gasteiger partial charge in [-0.1, -0.05) is 58.4 Å². The molecule has 0 aliphatic rings. The molecule has 0 radical (unpaired) electrons. The van der Waals surface area contributed by atoms with Crippen LogP contribution in [0.5, 0.6) is 0 Å². The lowest BCUT2D eigenvalue weighted by Gasteiger charge is -2.19. The smallest absolute Gasteiger partial charge is 0.319 e. The van der Waals surface area contributed by atoms with Crippen molar-refractivity contribution in [3.8, 4) is 0 Å². The van der Waals surface area contributed by atoms with E-state index in [0.29, 0.717) is 24.2 Å². The second-order valence-corrected chi connectivity index (χ2v) is 8.45. The summed E-state index contributed by atoms with van der Waals surface area (Å²) in [5.41, 5.74) is 8.42. The summed E-state index contributed by atoms with van der Waals surface area (Å²) in [5, 5.41) is 14.6. The van der Waals surface area contributed by atoms with Crippen molar-refractivity contribution in [3.63, 3.8) is 0 Å². The fourth-order valence-corrected chi connectivity index (χ4v) is 3.78. The van der Waals surface area contributed by atoms with Crippen LogP contribution in [0.25, 0.3) is 0 Å². The lowest BCUT2D eigenvalue weighted by Crippen LogP contribution is -2.36. The topological polar surface area (TPSA) is 126 Å². The minimum Gasteiger partial charge on any atom is -0.481 e. The number of carboxylic acid groups (broad SMARTS) is 1. The normalized spacial score (nSPS) is 11.6. The van der Waals surface area contributed by atoms with Gasteiger partial charge in [0.1, 0.15) is 5.69 Å². The highest BCUT2D eigenvalue weighted by molar-refractivity contribution is 9.10. The van der Waals surface area contributed by atoms with Gasteiger partial charge in [-0.2, -0.15) is 0 Å². The Balaban J connectivity index is 1.80. The SMILES string of the molecule is Cc1ccn(Cc2ccccc2Br)c(=O)c1NC(=O)NC(CC(=O)O)c1ccc(CN)cc1. The van der Waals surface area contributed by atoms with Crippen molar-refractivity contribution >= 4 is 33.6 Å². The molecule has 0 aliphatic carbocycles. The fraction of sp³-hybridized carbons (Fsp3) is 0.208. The number of hydrogen-bond donors (Lipinski definition) is 4.